The Morgan fingerprint density at radius 1 is 1.27 bits per heavy atom. The summed E-state index contributed by atoms with van der Waals surface area (Å²) in [6.45, 7) is 0. The zero-order valence-corrected chi connectivity index (χ0v) is 10.1. The molecule has 2 aromatic rings. The van der Waals surface area contributed by atoms with E-state index in [0.29, 0.717) is 5.41 Å². The highest BCUT2D eigenvalue weighted by Gasteiger charge is 2.39. The van der Waals surface area contributed by atoms with Gasteiger partial charge in [-0.05, 0) is 18.9 Å². The highest BCUT2D eigenvalue weighted by atomic mass is 79.9. The van der Waals surface area contributed by atoms with Crippen molar-refractivity contribution in [2.75, 3.05) is 5.33 Å². The Hall–Kier alpha value is -0.760. The van der Waals surface area contributed by atoms with E-state index in [0.717, 1.165) is 10.9 Å². The van der Waals surface area contributed by atoms with Crippen LogP contribution < -0.4 is 0 Å². The van der Waals surface area contributed by atoms with E-state index < -0.39 is 0 Å². The molecule has 0 N–H and O–H groups in total. The van der Waals surface area contributed by atoms with Crippen molar-refractivity contribution in [2.45, 2.75) is 24.7 Å². The molecule has 2 heteroatoms. The van der Waals surface area contributed by atoms with Crippen molar-refractivity contribution in [3.63, 3.8) is 0 Å². The van der Waals surface area contributed by atoms with Crippen LogP contribution in [0.5, 0.6) is 0 Å². The fourth-order valence-corrected chi connectivity index (χ4v) is 3.35. The Labute approximate surface area is 97.6 Å². The summed E-state index contributed by atoms with van der Waals surface area (Å²) in [4.78, 5) is 0. The van der Waals surface area contributed by atoms with Crippen LogP contribution in [-0.4, -0.2) is 5.33 Å². The van der Waals surface area contributed by atoms with Crippen LogP contribution in [0.15, 0.2) is 34.9 Å². The second-order valence-corrected chi connectivity index (χ2v) is 4.97. The van der Waals surface area contributed by atoms with Crippen LogP contribution in [0.3, 0.4) is 0 Å². The fourth-order valence-electron chi connectivity index (χ4n) is 2.49. The normalized spacial score (nSPS) is 19.0. The van der Waals surface area contributed by atoms with Gasteiger partial charge in [0, 0.05) is 21.7 Å². The molecular weight excluding hydrogens is 252 g/mol. The Bertz CT molecular complexity index is 476. The van der Waals surface area contributed by atoms with Gasteiger partial charge < -0.3 is 4.42 Å². The number of fused-ring (bicyclic) bond motifs is 1. The van der Waals surface area contributed by atoms with E-state index in [1.165, 1.54) is 30.2 Å². The first-order valence-corrected chi connectivity index (χ1v) is 6.51. The van der Waals surface area contributed by atoms with Crippen molar-refractivity contribution in [2.24, 2.45) is 0 Å². The van der Waals surface area contributed by atoms with Gasteiger partial charge in [-0.25, -0.2) is 0 Å². The van der Waals surface area contributed by atoms with Gasteiger partial charge in [-0.3, -0.25) is 0 Å². The molecule has 1 aliphatic rings. The van der Waals surface area contributed by atoms with E-state index in [1.54, 1.807) is 6.26 Å². The zero-order chi connectivity index (χ0) is 10.3. The first kappa shape index (κ1) is 9.46. The fraction of sp³-hybridized carbons (Fsp3) is 0.385. The monoisotopic (exact) mass is 264 g/mol. The molecule has 0 unspecified atom stereocenters. The third-order valence-corrected chi connectivity index (χ3v) is 4.69. The maximum Gasteiger partial charge on any atom is 0.137 e. The summed E-state index contributed by atoms with van der Waals surface area (Å²) < 4.78 is 5.61. The maximum absolute atomic E-state index is 5.61. The lowest BCUT2D eigenvalue weighted by Crippen LogP contribution is -2.35. The summed E-state index contributed by atoms with van der Waals surface area (Å²) in [7, 11) is 0. The smallest absolute Gasteiger partial charge is 0.137 e. The Morgan fingerprint density at radius 3 is 2.80 bits per heavy atom. The average molecular weight is 265 g/mol. The lowest BCUT2D eigenvalue weighted by atomic mass is 9.66. The van der Waals surface area contributed by atoms with Crippen LogP contribution in [-0.2, 0) is 5.41 Å². The molecule has 1 aromatic carbocycles. The van der Waals surface area contributed by atoms with Gasteiger partial charge in [0.15, 0.2) is 0 Å². The molecule has 0 amide bonds. The minimum absolute atomic E-state index is 0.331. The topological polar surface area (TPSA) is 13.1 Å². The number of hydrogen-bond donors (Lipinski definition) is 0. The van der Waals surface area contributed by atoms with Crippen LogP contribution in [0.1, 0.15) is 24.8 Å². The predicted octanol–water partition coefficient (Wildman–Crippen LogP) is 4.25. The third-order valence-electron chi connectivity index (χ3n) is 3.62. The van der Waals surface area contributed by atoms with Crippen LogP contribution in [0.4, 0.5) is 0 Å². The van der Waals surface area contributed by atoms with Crippen LogP contribution in [0, 0.1) is 0 Å². The number of para-hydroxylation sites is 1. The van der Waals surface area contributed by atoms with Crippen molar-refractivity contribution in [3.05, 3.63) is 36.1 Å². The van der Waals surface area contributed by atoms with E-state index in [-0.39, 0.29) is 0 Å². The minimum atomic E-state index is 0.331. The molecule has 3 rings (SSSR count). The highest BCUT2D eigenvalue weighted by Crippen LogP contribution is 2.47. The summed E-state index contributed by atoms with van der Waals surface area (Å²) in [5.74, 6) is 0. The molecule has 0 radical (unpaired) electrons. The summed E-state index contributed by atoms with van der Waals surface area (Å²) in [5, 5.41) is 2.26. The molecule has 1 heterocycles. The summed E-state index contributed by atoms with van der Waals surface area (Å²) in [6.07, 6.45) is 5.67. The maximum atomic E-state index is 5.61. The molecule has 0 bridgehead atoms. The second-order valence-electron chi connectivity index (χ2n) is 4.41. The molecule has 0 saturated heterocycles. The lowest BCUT2D eigenvalue weighted by molar-refractivity contribution is 0.280. The first-order chi connectivity index (χ1) is 7.36. The second kappa shape index (κ2) is 3.38. The number of alkyl halides is 1. The van der Waals surface area contributed by atoms with Gasteiger partial charge in [0.2, 0.25) is 0 Å². The largest absolute Gasteiger partial charge is 0.464 e. The molecule has 1 aliphatic carbocycles. The lowest BCUT2D eigenvalue weighted by Gasteiger charge is -2.40. The number of halogens is 1. The van der Waals surface area contributed by atoms with Gasteiger partial charge in [-0.1, -0.05) is 40.5 Å². The van der Waals surface area contributed by atoms with Crippen molar-refractivity contribution in [1.29, 1.82) is 0 Å². The highest BCUT2D eigenvalue weighted by molar-refractivity contribution is 9.09. The van der Waals surface area contributed by atoms with Crippen molar-refractivity contribution in [1.82, 2.24) is 0 Å². The summed E-state index contributed by atoms with van der Waals surface area (Å²) in [5.41, 5.74) is 2.79. The Morgan fingerprint density at radius 2 is 2.13 bits per heavy atom. The number of rotatable bonds is 2. The van der Waals surface area contributed by atoms with Gasteiger partial charge in [-0.15, -0.1) is 0 Å². The summed E-state index contributed by atoms with van der Waals surface area (Å²) in [6, 6.07) is 8.50. The number of furan rings is 1. The van der Waals surface area contributed by atoms with Crippen LogP contribution >= 0.6 is 15.9 Å². The van der Waals surface area contributed by atoms with Gasteiger partial charge >= 0.3 is 0 Å². The number of hydrogen-bond acceptors (Lipinski definition) is 1. The van der Waals surface area contributed by atoms with E-state index in [4.69, 9.17) is 4.42 Å². The SMILES string of the molecule is BrCC1(c2cccc3ccoc23)CCC1. The number of benzene rings is 1. The predicted molar refractivity (Wildman–Crippen MR) is 65.5 cm³/mol. The molecule has 1 fully saturated rings. The summed E-state index contributed by atoms with van der Waals surface area (Å²) >= 11 is 3.65. The first-order valence-electron chi connectivity index (χ1n) is 5.38. The molecule has 1 saturated carbocycles. The molecule has 1 nitrogen and oxygen atoms in total. The van der Waals surface area contributed by atoms with Crippen molar-refractivity contribution >= 4 is 26.9 Å². The zero-order valence-electron chi connectivity index (χ0n) is 8.50. The standard InChI is InChI=1S/C13H13BrO/c14-9-13(6-2-7-13)11-4-1-3-10-5-8-15-12(10)11/h1,3-5,8H,2,6-7,9H2. The van der Waals surface area contributed by atoms with Crippen LogP contribution in [0.25, 0.3) is 11.0 Å². The Kier molecular flexibility index (Phi) is 2.13. The van der Waals surface area contributed by atoms with Gasteiger partial charge in [-0.2, -0.15) is 0 Å². The molecule has 15 heavy (non-hydrogen) atoms. The molecule has 1 aromatic heterocycles. The molecule has 0 aliphatic heterocycles. The average Bonchev–Trinajstić information content (AvgIpc) is 2.65. The van der Waals surface area contributed by atoms with Gasteiger partial charge in [0.1, 0.15) is 5.58 Å². The van der Waals surface area contributed by atoms with Gasteiger partial charge in [0.05, 0.1) is 6.26 Å². The quantitative estimate of drug-likeness (QED) is 0.740. The van der Waals surface area contributed by atoms with E-state index >= 15 is 0 Å². The Balaban J connectivity index is 2.21. The van der Waals surface area contributed by atoms with Crippen LogP contribution in [0.2, 0.25) is 0 Å². The molecule has 78 valence electrons. The van der Waals surface area contributed by atoms with E-state index in [9.17, 15) is 0 Å². The van der Waals surface area contributed by atoms with Crippen molar-refractivity contribution in [3.8, 4) is 0 Å². The molecule has 0 atom stereocenters. The van der Waals surface area contributed by atoms with E-state index in [2.05, 4.69) is 34.1 Å². The van der Waals surface area contributed by atoms with Gasteiger partial charge in [0.25, 0.3) is 0 Å². The molecular formula is C13H13BrO. The van der Waals surface area contributed by atoms with E-state index in [1.807, 2.05) is 6.07 Å². The molecule has 0 spiro atoms. The minimum Gasteiger partial charge on any atom is -0.464 e. The third kappa shape index (κ3) is 1.27. The van der Waals surface area contributed by atoms with Crippen molar-refractivity contribution < 1.29 is 4.42 Å².